The normalized spacial score (nSPS) is 13.4. The summed E-state index contributed by atoms with van der Waals surface area (Å²) in [6, 6.07) is 11.8. The van der Waals surface area contributed by atoms with Crippen LogP contribution in [0.2, 0.25) is 0 Å². The van der Waals surface area contributed by atoms with Gasteiger partial charge in [-0.05, 0) is 25.2 Å². The van der Waals surface area contributed by atoms with Crippen LogP contribution in [-0.2, 0) is 11.2 Å². The minimum Gasteiger partial charge on any atom is -0.352 e. The fourth-order valence-corrected chi connectivity index (χ4v) is 2.27. The highest BCUT2D eigenvalue weighted by Gasteiger charge is 2.19. The topological polar surface area (TPSA) is 52.9 Å². The molecule has 0 saturated carbocycles. The van der Waals surface area contributed by atoms with E-state index < -0.39 is 5.92 Å². The molecule has 1 aromatic carbocycles. The van der Waals surface area contributed by atoms with Crippen LogP contribution in [0, 0.1) is 17.2 Å². The fraction of sp³-hybridized carbons (Fsp3) is 0.429. The van der Waals surface area contributed by atoms with Crippen LogP contribution in [0.15, 0.2) is 30.3 Å². The van der Waals surface area contributed by atoms with E-state index in [1.807, 2.05) is 43.5 Å². The van der Waals surface area contributed by atoms with E-state index in [1.165, 1.54) is 0 Å². The lowest BCUT2D eigenvalue weighted by Gasteiger charge is -2.15. The predicted molar refractivity (Wildman–Crippen MR) is 75.2 cm³/mol. The Labute approximate surface area is 113 Å². The lowest BCUT2D eigenvalue weighted by atomic mass is 10.00. The average Bonchev–Trinajstić information content (AvgIpc) is 2.37. The van der Waals surface area contributed by atoms with E-state index in [0.29, 0.717) is 6.42 Å². The van der Waals surface area contributed by atoms with Gasteiger partial charge in [-0.15, -0.1) is 0 Å². The summed E-state index contributed by atoms with van der Waals surface area (Å²) >= 11 is 1.68. The molecule has 1 aromatic rings. The van der Waals surface area contributed by atoms with Gasteiger partial charge >= 0.3 is 0 Å². The molecule has 0 heterocycles. The van der Waals surface area contributed by atoms with Crippen molar-refractivity contribution >= 4 is 17.7 Å². The second kappa shape index (κ2) is 7.78. The molecule has 0 aliphatic carbocycles. The maximum absolute atomic E-state index is 11.9. The molecule has 2 atom stereocenters. The zero-order valence-corrected chi connectivity index (χ0v) is 11.5. The van der Waals surface area contributed by atoms with Gasteiger partial charge in [0.05, 0.1) is 6.07 Å². The highest BCUT2D eigenvalue weighted by Crippen LogP contribution is 2.09. The zero-order chi connectivity index (χ0) is 13.4. The third-order valence-corrected chi connectivity index (χ3v) is 3.39. The Kier molecular flexibility index (Phi) is 6.31. The van der Waals surface area contributed by atoms with Crippen LogP contribution in [0.3, 0.4) is 0 Å². The lowest BCUT2D eigenvalue weighted by Crippen LogP contribution is -2.38. The monoisotopic (exact) mass is 262 g/mol. The molecular weight excluding hydrogens is 244 g/mol. The van der Waals surface area contributed by atoms with Crippen molar-refractivity contribution in [3.63, 3.8) is 0 Å². The fourth-order valence-electron chi connectivity index (χ4n) is 1.68. The van der Waals surface area contributed by atoms with Crippen LogP contribution >= 0.6 is 11.8 Å². The van der Waals surface area contributed by atoms with E-state index in [-0.39, 0.29) is 11.9 Å². The van der Waals surface area contributed by atoms with Crippen molar-refractivity contribution in [2.75, 3.05) is 12.0 Å². The summed E-state index contributed by atoms with van der Waals surface area (Å²) in [4.78, 5) is 11.9. The van der Waals surface area contributed by atoms with Gasteiger partial charge in [0.1, 0.15) is 5.92 Å². The van der Waals surface area contributed by atoms with Crippen LogP contribution in [0.1, 0.15) is 12.5 Å². The lowest BCUT2D eigenvalue weighted by molar-refractivity contribution is -0.123. The highest BCUT2D eigenvalue weighted by atomic mass is 32.2. The first kappa shape index (κ1) is 14.6. The molecule has 0 saturated heterocycles. The summed E-state index contributed by atoms with van der Waals surface area (Å²) in [6.07, 6.45) is 2.46. The Morgan fingerprint density at radius 3 is 2.67 bits per heavy atom. The van der Waals surface area contributed by atoms with Crippen molar-refractivity contribution in [1.29, 1.82) is 5.26 Å². The smallest absolute Gasteiger partial charge is 0.237 e. The molecule has 3 nitrogen and oxygen atoms in total. The first-order valence-corrected chi connectivity index (χ1v) is 7.29. The molecule has 2 unspecified atom stereocenters. The van der Waals surface area contributed by atoms with Crippen LogP contribution in [0.25, 0.3) is 0 Å². The minimum atomic E-state index is -0.614. The van der Waals surface area contributed by atoms with Crippen molar-refractivity contribution < 1.29 is 4.79 Å². The first-order chi connectivity index (χ1) is 8.67. The number of thioether (sulfide) groups is 1. The minimum absolute atomic E-state index is 0.0964. The van der Waals surface area contributed by atoms with Crippen molar-refractivity contribution in [3.05, 3.63) is 35.9 Å². The van der Waals surface area contributed by atoms with Gasteiger partial charge in [-0.25, -0.2) is 0 Å². The van der Waals surface area contributed by atoms with Gasteiger partial charge < -0.3 is 5.32 Å². The van der Waals surface area contributed by atoms with Gasteiger partial charge in [-0.1, -0.05) is 30.3 Å². The SMILES string of the molecule is CSCC(C)NC(=O)C(C#N)Cc1ccccc1. The second-order valence-electron chi connectivity index (χ2n) is 4.24. The number of hydrogen-bond donors (Lipinski definition) is 1. The molecule has 96 valence electrons. The second-order valence-corrected chi connectivity index (χ2v) is 5.15. The molecule has 1 rings (SSSR count). The van der Waals surface area contributed by atoms with E-state index >= 15 is 0 Å². The largest absolute Gasteiger partial charge is 0.352 e. The van der Waals surface area contributed by atoms with Crippen molar-refractivity contribution in [2.24, 2.45) is 5.92 Å². The Morgan fingerprint density at radius 1 is 1.44 bits per heavy atom. The van der Waals surface area contributed by atoms with Crippen molar-refractivity contribution in [1.82, 2.24) is 5.32 Å². The Hall–Kier alpha value is -1.47. The molecule has 0 aliphatic heterocycles. The number of nitriles is 1. The number of benzene rings is 1. The average molecular weight is 262 g/mol. The summed E-state index contributed by atoms with van der Waals surface area (Å²) in [7, 11) is 0. The third-order valence-electron chi connectivity index (χ3n) is 2.56. The molecule has 0 aliphatic rings. The maximum atomic E-state index is 11.9. The van der Waals surface area contributed by atoms with Crippen molar-refractivity contribution in [2.45, 2.75) is 19.4 Å². The number of nitrogens with one attached hydrogen (secondary N) is 1. The number of carbonyl (C=O) groups excluding carboxylic acids is 1. The van der Waals surface area contributed by atoms with E-state index in [4.69, 9.17) is 5.26 Å². The summed E-state index contributed by atoms with van der Waals surface area (Å²) in [5, 5.41) is 12.0. The summed E-state index contributed by atoms with van der Waals surface area (Å²) < 4.78 is 0. The summed E-state index contributed by atoms with van der Waals surface area (Å²) in [5.41, 5.74) is 1.01. The van der Waals surface area contributed by atoms with E-state index in [2.05, 4.69) is 11.4 Å². The van der Waals surface area contributed by atoms with E-state index in [1.54, 1.807) is 11.8 Å². The quantitative estimate of drug-likeness (QED) is 0.855. The van der Waals surface area contributed by atoms with Gasteiger partial charge in [0.2, 0.25) is 5.91 Å². The zero-order valence-electron chi connectivity index (χ0n) is 10.7. The van der Waals surface area contributed by atoms with Crippen LogP contribution in [0.4, 0.5) is 0 Å². The number of amides is 1. The van der Waals surface area contributed by atoms with Crippen LogP contribution < -0.4 is 5.32 Å². The predicted octanol–water partition coefficient (Wildman–Crippen LogP) is 2.24. The van der Waals surface area contributed by atoms with Crippen molar-refractivity contribution in [3.8, 4) is 6.07 Å². The van der Waals surface area contributed by atoms with Gasteiger partial charge in [-0.3, -0.25) is 4.79 Å². The van der Waals surface area contributed by atoms with Gasteiger partial charge in [0.15, 0.2) is 0 Å². The Morgan fingerprint density at radius 2 is 2.11 bits per heavy atom. The van der Waals surface area contributed by atoms with Crippen LogP contribution in [-0.4, -0.2) is 24.0 Å². The van der Waals surface area contributed by atoms with Gasteiger partial charge in [-0.2, -0.15) is 17.0 Å². The molecular formula is C14H18N2OS. The molecule has 1 N–H and O–H groups in total. The number of nitrogens with zero attached hydrogens (tertiary/aromatic N) is 1. The number of carbonyl (C=O) groups is 1. The molecule has 0 fully saturated rings. The first-order valence-electron chi connectivity index (χ1n) is 5.90. The molecule has 0 aromatic heterocycles. The molecule has 0 bridgehead atoms. The number of hydrogen-bond acceptors (Lipinski definition) is 3. The molecule has 0 spiro atoms. The number of rotatable bonds is 6. The highest BCUT2D eigenvalue weighted by molar-refractivity contribution is 7.98. The summed E-state index contributed by atoms with van der Waals surface area (Å²) in [5.74, 6) is 0.0643. The molecule has 0 radical (unpaired) electrons. The maximum Gasteiger partial charge on any atom is 0.237 e. The van der Waals surface area contributed by atoms with Gasteiger partial charge in [0.25, 0.3) is 0 Å². The van der Waals surface area contributed by atoms with E-state index in [0.717, 1.165) is 11.3 Å². The summed E-state index contributed by atoms with van der Waals surface area (Å²) in [6.45, 7) is 1.95. The Bertz CT molecular complexity index is 414. The molecule has 1 amide bonds. The Balaban J connectivity index is 2.56. The standard InChI is InChI=1S/C14H18N2OS/c1-11(10-18-2)16-14(17)13(9-15)8-12-6-4-3-5-7-12/h3-7,11,13H,8,10H2,1-2H3,(H,16,17). The van der Waals surface area contributed by atoms with Crippen LogP contribution in [0.5, 0.6) is 0 Å². The molecule has 4 heteroatoms. The third kappa shape index (κ3) is 4.80. The van der Waals surface area contributed by atoms with Gasteiger partial charge in [0, 0.05) is 11.8 Å². The van der Waals surface area contributed by atoms with E-state index in [9.17, 15) is 4.79 Å². The molecule has 18 heavy (non-hydrogen) atoms.